The van der Waals surface area contributed by atoms with Crippen LogP contribution in [0.2, 0.25) is 5.02 Å². The number of anilines is 1. The third kappa shape index (κ3) is 8.88. The molecule has 0 heterocycles. The van der Waals surface area contributed by atoms with Gasteiger partial charge in [0.05, 0.1) is 10.7 Å². The van der Waals surface area contributed by atoms with Crippen LogP contribution >= 0.6 is 11.6 Å². The molecule has 0 aliphatic heterocycles. The molecule has 0 fully saturated rings. The number of phenolic OH excluding ortho intramolecular Hbond substituents is 1. The second-order valence-corrected chi connectivity index (χ2v) is 12.5. The molecule has 2 aromatic rings. The van der Waals surface area contributed by atoms with Gasteiger partial charge in [0.1, 0.15) is 23.4 Å². The molecule has 2 atom stereocenters. The highest BCUT2D eigenvalue weighted by molar-refractivity contribution is 6.34. The second kappa shape index (κ2) is 12.7. The largest absolute Gasteiger partial charge is 0.508 e. The topological polar surface area (TPSA) is 108 Å². The maximum absolute atomic E-state index is 14.3. The van der Waals surface area contributed by atoms with E-state index in [0.717, 1.165) is 5.56 Å². The number of ether oxygens (including phenoxy) is 1. The monoisotopic (exact) mass is 559 g/mol. The number of hydrogen-bond donors (Lipinski definition) is 3. The Morgan fingerprint density at radius 3 is 2.13 bits per heavy atom. The summed E-state index contributed by atoms with van der Waals surface area (Å²) in [6.07, 6.45) is -0.422. The number of para-hydroxylation sites is 2. The third-order valence-electron chi connectivity index (χ3n) is 5.86. The van der Waals surface area contributed by atoms with E-state index in [1.54, 1.807) is 71.9 Å². The molecule has 0 saturated carbocycles. The maximum atomic E-state index is 14.3. The number of halogens is 1. The minimum absolute atomic E-state index is 0.0406. The quantitative estimate of drug-likeness (QED) is 0.337. The fourth-order valence-electron chi connectivity index (χ4n) is 4.25. The van der Waals surface area contributed by atoms with Gasteiger partial charge in [0.25, 0.3) is 5.91 Å². The van der Waals surface area contributed by atoms with E-state index < -0.39 is 41.1 Å². The summed E-state index contributed by atoms with van der Waals surface area (Å²) in [7, 11) is 0. The van der Waals surface area contributed by atoms with Gasteiger partial charge in [-0.1, -0.05) is 55.8 Å². The van der Waals surface area contributed by atoms with Gasteiger partial charge < -0.3 is 25.4 Å². The summed E-state index contributed by atoms with van der Waals surface area (Å²) < 4.78 is 5.43. The van der Waals surface area contributed by atoms with Gasteiger partial charge in [-0.2, -0.15) is 0 Å². The standard InChI is InChI=1S/C30H42ClN3O5/c1-18(2)17-22(32-28(38)39-30(7,8)9)27(37)34(29(4,5)6)25(20-14-10-11-16-23(20)35)26(36)33-24-19(3)13-12-15-21(24)31/h10-16,18,22,25,35H,17H2,1-9H3,(H,32,38)(H,33,36). The molecule has 9 heteroatoms. The van der Waals surface area contributed by atoms with Crippen molar-refractivity contribution in [1.82, 2.24) is 10.2 Å². The molecule has 3 amide bonds. The van der Waals surface area contributed by atoms with Gasteiger partial charge in [0.2, 0.25) is 5.91 Å². The number of aromatic hydroxyl groups is 1. The molecule has 214 valence electrons. The Hall–Kier alpha value is -3.26. The molecule has 0 radical (unpaired) electrons. The summed E-state index contributed by atoms with van der Waals surface area (Å²) in [5.41, 5.74) is -0.267. The number of carbonyl (C=O) groups excluding carboxylic acids is 3. The molecule has 0 bridgehead atoms. The molecule has 8 nitrogen and oxygen atoms in total. The first kappa shape index (κ1) is 32.0. The zero-order chi connectivity index (χ0) is 29.7. The average Bonchev–Trinajstić information content (AvgIpc) is 2.77. The molecule has 0 saturated heterocycles. The van der Waals surface area contributed by atoms with Crippen molar-refractivity contribution >= 4 is 35.2 Å². The fraction of sp³-hybridized carbons (Fsp3) is 0.500. The highest BCUT2D eigenvalue weighted by atomic mass is 35.5. The van der Waals surface area contributed by atoms with E-state index in [4.69, 9.17) is 16.3 Å². The van der Waals surface area contributed by atoms with Crippen molar-refractivity contribution in [3.63, 3.8) is 0 Å². The van der Waals surface area contributed by atoms with Crippen molar-refractivity contribution in [3.05, 3.63) is 58.6 Å². The van der Waals surface area contributed by atoms with Crippen LogP contribution in [0.5, 0.6) is 5.75 Å². The van der Waals surface area contributed by atoms with Crippen molar-refractivity contribution in [2.45, 2.75) is 92.0 Å². The van der Waals surface area contributed by atoms with E-state index in [-0.39, 0.29) is 17.2 Å². The number of hydrogen-bond acceptors (Lipinski definition) is 5. The number of phenols is 1. The Balaban J connectivity index is 2.65. The SMILES string of the molecule is Cc1cccc(Cl)c1NC(=O)C(c1ccccc1O)N(C(=O)C(CC(C)C)NC(=O)OC(C)(C)C)C(C)(C)C. The van der Waals surface area contributed by atoms with Crippen molar-refractivity contribution in [2.75, 3.05) is 5.32 Å². The molecule has 0 aliphatic carbocycles. The van der Waals surface area contributed by atoms with E-state index in [1.165, 1.54) is 11.0 Å². The summed E-state index contributed by atoms with van der Waals surface area (Å²) in [4.78, 5) is 42.5. The summed E-state index contributed by atoms with van der Waals surface area (Å²) in [6.45, 7) is 16.3. The van der Waals surface area contributed by atoms with Crippen LogP contribution in [0, 0.1) is 12.8 Å². The highest BCUT2D eigenvalue weighted by Crippen LogP contribution is 2.36. The number of alkyl carbamates (subject to hydrolysis) is 1. The van der Waals surface area contributed by atoms with Crippen molar-refractivity contribution < 1.29 is 24.2 Å². The van der Waals surface area contributed by atoms with E-state index in [0.29, 0.717) is 17.1 Å². The van der Waals surface area contributed by atoms with Crippen LogP contribution in [0.15, 0.2) is 42.5 Å². The van der Waals surface area contributed by atoms with E-state index in [1.807, 2.05) is 26.8 Å². The van der Waals surface area contributed by atoms with Gasteiger partial charge in [-0.3, -0.25) is 9.59 Å². The van der Waals surface area contributed by atoms with Crippen LogP contribution < -0.4 is 10.6 Å². The van der Waals surface area contributed by atoms with Gasteiger partial charge in [-0.15, -0.1) is 0 Å². The zero-order valence-electron chi connectivity index (χ0n) is 24.4. The number of benzene rings is 2. The van der Waals surface area contributed by atoms with E-state index in [9.17, 15) is 19.5 Å². The predicted molar refractivity (Wildman–Crippen MR) is 155 cm³/mol. The number of nitrogens with zero attached hydrogens (tertiary/aromatic N) is 1. The summed E-state index contributed by atoms with van der Waals surface area (Å²) in [5.74, 6) is -1.15. The summed E-state index contributed by atoms with van der Waals surface area (Å²) in [5, 5.41) is 16.8. The molecule has 0 aromatic heterocycles. The Kier molecular flexibility index (Phi) is 10.4. The molecule has 2 rings (SSSR count). The molecule has 39 heavy (non-hydrogen) atoms. The lowest BCUT2D eigenvalue weighted by Crippen LogP contribution is -2.58. The highest BCUT2D eigenvalue weighted by Gasteiger charge is 2.43. The van der Waals surface area contributed by atoms with Crippen LogP contribution in [-0.2, 0) is 14.3 Å². The Labute approximate surface area is 237 Å². The van der Waals surface area contributed by atoms with Crippen LogP contribution in [0.1, 0.15) is 79.0 Å². The average molecular weight is 560 g/mol. The lowest BCUT2D eigenvalue weighted by atomic mass is 9.93. The van der Waals surface area contributed by atoms with Crippen molar-refractivity contribution in [1.29, 1.82) is 0 Å². The van der Waals surface area contributed by atoms with Crippen molar-refractivity contribution in [2.24, 2.45) is 5.92 Å². The van der Waals surface area contributed by atoms with Crippen LogP contribution in [0.3, 0.4) is 0 Å². The zero-order valence-corrected chi connectivity index (χ0v) is 25.1. The van der Waals surface area contributed by atoms with Gasteiger partial charge >= 0.3 is 6.09 Å². The molecule has 0 aliphatic rings. The minimum atomic E-state index is -1.25. The maximum Gasteiger partial charge on any atom is 0.408 e. The number of rotatable bonds is 8. The lowest BCUT2D eigenvalue weighted by molar-refractivity contribution is -0.147. The van der Waals surface area contributed by atoms with E-state index >= 15 is 0 Å². The number of carbonyl (C=O) groups is 3. The molecular weight excluding hydrogens is 518 g/mol. The Bertz CT molecular complexity index is 1160. The number of nitrogens with one attached hydrogen (secondary N) is 2. The normalized spacial score (nSPS) is 13.4. The van der Waals surface area contributed by atoms with Gasteiger partial charge in [-0.25, -0.2) is 4.79 Å². The Morgan fingerprint density at radius 2 is 1.62 bits per heavy atom. The molecule has 2 unspecified atom stereocenters. The fourth-order valence-corrected chi connectivity index (χ4v) is 4.52. The van der Waals surface area contributed by atoms with Gasteiger partial charge in [0.15, 0.2) is 0 Å². The smallest absolute Gasteiger partial charge is 0.408 e. The Morgan fingerprint density at radius 1 is 1.00 bits per heavy atom. The van der Waals surface area contributed by atoms with Crippen LogP contribution in [0.25, 0.3) is 0 Å². The minimum Gasteiger partial charge on any atom is -0.508 e. The first-order chi connectivity index (χ1) is 17.9. The number of aryl methyl sites for hydroxylation is 1. The van der Waals surface area contributed by atoms with Crippen LogP contribution in [0.4, 0.5) is 10.5 Å². The molecule has 0 spiro atoms. The first-order valence-electron chi connectivity index (χ1n) is 13.1. The summed E-state index contributed by atoms with van der Waals surface area (Å²) in [6, 6.07) is 9.41. The van der Waals surface area contributed by atoms with Gasteiger partial charge in [-0.05, 0) is 78.5 Å². The molecular formula is C30H42ClN3O5. The van der Waals surface area contributed by atoms with Gasteiger partial charge in [0, 0.05) is 11.1 Å². The van der Waals surface area contributed by atoms with Crippen molar-refractivity contribution in [3.8, 4) is 5.75 Å². The third-order valence-corrected chi connectivity index (χ3v) is 6.18. The summed E-state index contributed by atoms with van der Waals surface area (Å²) >= 11 is 6.40. The second-order valence-electron chi connectivity index (χ2n) is 12.1. The van der Waals surface area contributed by atoms with Crippen LogP contribution in [-0.4, -0.2) is 45.1 Å². The number of amides is 3. The predicted octanol–water partition coefficient (Wildman–Crippen LogP) is 6.60. The first-order valence-corrected chi connectivity index (χ1v) is 13.5. The molecule has 2 aromatic carbocycles. The van der Waals surface area contributed by atoms with E-state index in [2.05, 4.69) is 10.6 Å². The lowest BCUT2D eigenvalue weighted by Gasteiger charge is -2.43. The molecule has 3 N–H and O–H groups in total.